The van der Waals surface area contributed by atoms with Gasteiger partial charge in [-0.15, -0.1) is 0 Å². The summed E-state index contributed by atoms with van der Waals surface area (Å²) in [5.41, 5.74) is 4.83. The number of rotatable bonds is 4. The Morgan fingerprint density at radius 3 is 2.45 bits per heavy atom. The number of carbonyl (C=O) groups is 2. The number of nitrogens with zero attached hydrogens (tertiary/aromatic N) is 1. The van der Waals surface area contributed by atoms with E-state index in [9.17, 15) is 9.59 Å². The summed E-state index contributed by atoms with van der Waals surface area (Å²) in [6.45, 7) is 6.50. The molecule has 1 aromatic carbocycles. The van der Waals surface area contributed by atoms with Gasteiger partial charge in [-0.05, 0) is 73.5 Å². The summed E-state index contributed by atoms with van der Waals surface area (Å²) in [7, 11) is 1.60. The second-order valence-corrected chi connectivity index (χ2v) is 9.00. The summed E-state index contributed by atoms with van der Waals surface area (Å²) < 4.78 is 5.15. The van der Waals surface area contributed by atoms with Crippen LogP contribution in [0.15, 0.2) is 35.9 Å². The fourth-order valence-electron chi connectivity index (χ4n) is 5.29. The lowest BCUT2D eigenvalue weighted by Gasteiger charge is -2.48. The largest absolute Gasteiger partial charge is 0.497 e. The fraction of sp³-hybridized carbons (Fsp3) is 0.500. The van der Waals surface area contributed by atoms with Gasteiger partial charge in [0, 0.05) is 5.69 Å². The van der Waals surface area contributed by atoms with Gasteiger partial charge in [0.15, 0.2) is 5.11 Å². The predicted molar refractivity (Wildman–Crippen MR) is 115 cm³/mol. The van der Waals surface area contributed by atoms with Crippen LogP contribution in [0.4, 0.5) is 5.69 Å². The highest BCUT2D eigenvalue weighted by Gasteiger charge is 2.61. The SMILES string of the molecule is COc1ccc(NC(=S)NN2C(=O)[C@H]3[C@H]4C=C(C)[C@H](C[C@@H]4C(C)C)[C@H]3C2=O)cc1. The molecule has 1 saturated carbocycles. The molecule has 1 saturated heterocycles. The number of hydrazine groups is 1. The highest BCUT2D eigenvalue weighted by Crippen LogP contribution is 2.56. The minimum atomic E-state index is -0.284. The molecule has 29 heavy (non-hydrogen) atoms. The van der Waals surface area contributed by atoms with Gasteiger partial charge < -0.3 is 10.1 Å². The van der Waals surface area contributed by atoms with Crippen LogP contribution in [0.3, 0.4) is 0 Å². The van der Waals surface area contributed by atoms with E-state index in [-0.39, 0.29) is 40.6 Å². The van der Waals surface area contributed by atoms with Crippen molar-refractivity contribution >= 4 is 34.8 Å². The first kappa shape index (κ1) is 19.9. The molecule has 2 fully saturated rings. The van der Waals surface area contributed by atoms with Crippen molar-refractivity contribution in [3.05, 3.63) is 35.9 Å². The summed E-state index contributed by atoms with van der Waals surface area (Å²) in [6, 6.07) is 7.26. The maximum absolute atomic E-state index is 13.2. The summed E-state index contributed by atoms with van der Waals surface area (Å²) in [5.74, 6) is 1.03. The Morgan fingerprint density at radius 1 is 1.17 bits per heavy atom. The molecule has 5 atom stereocenters. The smallest absolute Gasteiger partial charge is 0.252 e. The van der Waals surface area contributed by atoms with Gasteiger partial charge in [-0.3, -0.25) is 15.0 Å². The Kier molecular flexibility index (Phi) is 5.11. The minimum Gasteiger partial charge on any atom is -0.497 e. The number of methoxy groups -OCH3 is 1. The molecule has 0 spiro atoms. The van der Waals surface area contributed by atoms with E-state index in [1.807, 2.05) is 24.3 Å². The molecule has 5 rings (SSSR count). The first-order valence-corrected chi connectivity index (χ1v) is 10.5. The first-order chi connectivity index (χ1) is 13.8. The third-order valence-corrected chi connectivity index (χ3v) is 6.92. The van der Waals surface area contributed by atoms with Crippen LogP contribution in [-0.4, -0.2) is 29.0 Å². The van der Waals surface area contributed by atoms with Crippen LogP contribution in [0.5, 0.6) is 5.75 Å². The number of amides is 2. The number of carbonyl (C=O) groups excluding carboxylic acids is 2. The molecule has 0 radical (unpaired) electrons. The third kappa shape index (κ3) is 3.31. The molecule has 2 bridgehead atoms. The molecular weight excluding hydrogens is 386 g/mol. The Labute approximate surface area is 176 Å². The van der Waals surface area contributed by atoms with Crippen molar-refractivity contribution in [2.45, 2.75) is 27.2 Å². The van der Waals surface area contributed by atoms with Crippen LogP contribution in [0.2, 0.25) is 0 Å². The maximum atomic E-state index is 13.2. The van der Waals surface area contributed by atoms with E-state index in [1.165, 1.54) is 5.57 Å². The monoisotopic (exact) mass is 413 g/mol. The van der Waals surface area contributed by atoms with Crippen molar-refractivity contribution in [2.75, 3.05) is 12.4 Å². The number of allylic oxidation sites excluding steroid dienone is 2. The molecule has 0 aromatic heterocycles. The van der Waals surface area contributed by atoms with E-state index >= 15 is 0 Å². The van der Waals surface area contributed by atoms with Gasteiger partial charge in [-0.1, -0.05) is 25.5 Å². The van der Waals surface area contributed by atoms with Crippen LogP contribution in [-0.2, 0) is 9.59 Å². The Balaban J connectivity index is 1.50. The molecule has 0 unspecified atom stereocenters. The van der Waals surface area contributed by atoms with E-state index in [1.54, 1.807) is 7.11 Å². The Bertz CT molecular complexity index is 880. The van der Waals surface area contributed by atoms with Gasteiger partial charge in [-0.25, -0.2) is 0 Å². The van der Waals surface area contributed by atoms with Gasteiger partial charge in [0.2, 0.25) is 0 Å². The summed E-state index contributed by atoms with van der Waals surface area (Å²) in [4.78, 5) is 26.3. The van der Waals surface area contributed by atoms with Crippen LogP contribution < -0.4 is 15.5 Å². The van der Waals surface area contributed by atoms with Gasteiger partial charge in [0.1, 0.15) is 5.75 Å². The van der Waals surface area contributed by atoms with E-state index in [4.69, 9.17) is 17.0 Å². The topological polar surface area (TPSA) is 70.7 Å². The molecule has 1 aliphatic heterocycles. The van der Waals surface area contributed by atoms with Crippen molar-refractivity contribution in [1.29, 1.82) is 0 Å². The van der Waals surface area contributed by atoms with E-state index in [2.05, 4.69) is 37.6 Å². The van der Waals surface area contributed by atoms with Crippen LogP contribution >= 0.6 is 12.2 Å². The number of ether oxygens (including phenoxy) is 1. The normalized spacial score (nSPS) is 30.3. The molecule has 154 valence electrons. The number of nitrogens with one attached hydrogen (secondary N) is 2. The number of thiocarbonyl (C=S) groups is 1. The summed E-state index contributed by atoms with van der Waals surface area (Å²) >= 11 is 5.36. The van der Waals surface area contributed by atoms with Crippen LogP contribution in [0.25, 0.3) is 0 Å². The van der Waals surface area contributed by atoms with Gasteiger partial charge >= 0.3 is 0 Å². The molecule has 6 nitrogen and oxygen atoms in total. The number of imide groups is 1. The zero-order valence-electron chi connectivity index (χ0n) is 17.1. The highest BCUT2D eigenvalue weighted by atomic mass is 32.1. The Hall–Kier alpha value is -2.41. The lowest BCUT2D eigenvalue weighted by atomic mass is 9.54. The lowest BCUT2D eigenvalue weighted by Crippen LogP contribution is -2.48. The molecule has 2 N–H and O–H groups in total. The quantitative estimate of drug-likeness (QED) is 0.448. The number of hydrogen-bond donors (Lipinski definition) is 2. The zero-order chi connectivity index (χ0) is 20.9. The first-order valence-electron chi connectivity index (χ1n) is 10.1. The van der Waals surface area contributed by atoms with Crippen LogP contribution in [0, 0.1) is 35.5 Å². The Morgan fingerprint density at radius 2 is 1.83 bits per heavy atom. The predicted octanol–water partition coefficient (Wildman–Crippen LogP) is 3.37. The second kappa shape index (κ2) is 7.44. The molecule has 2 amide bonds. The average molecular weight is 414 g/mol. The van der Waals surface area contributed by atoms with Gasteiger partial charge in [0.05, 0.1) is 18.9 Å². The van der Waals surface area contributed by atoms with E-state index in [0.29, 0.717) is 11.8 Å². The van der Waals surface area contributed by atoms with Gasteiger partial charge in [-0.2, -0.15) is 5.01 Å². The van der Waals surface area contributed by atoms with Crippen molar-refractivity contribution in [3.8, 4) is 5.75 Å². The molecule has 7 heteroatoms. The number of hydrogen-bond acceptors (Lipinski definition) is 4. The number of fused-ring (bicyclic) bond motifs is 1. The maximum Gasteiger partial charge on any atom is 0.252 e. The molecule has 3 aliphatic carbocycles. The molecular formula is C22H27N3O3S. The number of benzene rings is 1. The van der Waals surface area contributed by atoms with E-state index in [0.717, 1.165) is 22.9 Å². The summed E-state index contributed by atoms with van der Waals surface area (Å²) in [5, 5.41) is 4.38. The zero-order valence-corrected chi connectivity index (χ0v) is 18.0. The summed E-state index contributed by atoms with van der Waals surface area (Å²) in [6.07, 6.45) is 3.22. The molecule has 1 aromatic rings. The average Bonchev–Trinajstić information content (AvgIpc) is 2.95. The molecule has 4 aliphatic rings. The van der Waals surface area contributed by atoms with Crippen LogP contribution in [0.1, 0.15) is 27.2 Å². The van der Waals surface area contributed by atoms with Crippen molar-refractivity contribution < 1.29 is 14.3 Å². The highest BCUT2D eigenvalue weighted by molar-refractivity contribution is 7.80. The fourth-order valence-corrected chi connectivity index (χ4v) is 5.50. The molecule has 1 heterocycles. The van der Waals surface area contributed by atoms with Gasteiger partial charge in [0.25, 0.3) is 11.8 Å². The lowest BCUT2D eigenvalue weighted by molar-refractivity contribution is -0.142. The van der Waals surface area contributed by atoms with E-state index < -0.39 is 0 Å². The van der Waals surface area contributed by atoms with Crippen molar-refractivity contribution in [1.82, 2.24) is 10.4 Å². The number of anilines is 1. The third-order valence-electron chi connectivity index (χ3n) is 6.72. The van der Waals surface area contributed by atoms with Crippen molar-refractivity contribution in [3.63, 3.8) is 0 Å². The standard InChI is InChI=1S/C22H27N3O3S/c1-11(2)15-10-16-12(3)9-17(15)19-18(16)20(26)25(21(19)27)24-22(29)23-13-5-7-14(28-4)8-6-13/h5-9,11,15-19H,10H2,1-4H3,(H2,23,24,29)/t15-,16+,17+,18-,19+/m1/s1. The van der Waals surface area contributed by atoms with Crippen molar-refractivity contribution in [2.24, 2.45) is 35.5 Å². The minimum absolute atomic E-state index is 0.122. The second-order valence-electron chi connectivity index (χ2n) is 8.60.